The van der Waals surface area contributed by atoms with E-state index in [1.54, 1.807) is 10.9 Å². The number of carbonyl (C=O) groups excluding carboxylic acids is 1. The maximum absolute atomic E-state index is 11.7. The van der Waals surface area contributed by atoms with E-state index in [0.717, 1.165) is 11.1 Å². The summed E-state index contributed by atoms with van der Waals surface area (Å²) in [5.74, 6) is -0.0137. The number of benzene rings is 1. The smallest absolute Gasteiger partial charge is 0.244 e. The normalized spacial score (nSPS) is 12.1. The second-order valence-electron chi connectivity index (χ2n) is 4.15. The van der Waals surface area contributed by atoms with E-state index >= 15 is 0 Å². The van der Waals surface area contributed by atoms with Gasteiger partial charge >= 0.3 is 0 Å². The van der Waals surface area contributed by atoms with Crippen molar-refractivity contribution >= 4 is 5.91 Å². The van der Waals surface area contributed by atoms with Gasteiger partial charge in [0.05, 0.1) is 6.20 Å². The molecule has 18 heavy (non-hydrogen) atoms. The Labute approximate surface area is 107 Å². The van der Waals surface area contributed by atoms with Crippen molar-refractivity contribution in [2.24, 2.45) is 0 Å². The maximum atomic E-state index is 11.7. The summed E-state index contributed by atoms with van der Waals surface area (Å²) in [6, 6.07) is 9.71. The van der Waals surface area contributed by atoms with Gasteiger partial charge in [0.15, 0.2) is 0 Å². The number of nitrogens with one attached hydrogen (secondary N) is 1. The van der Waals surface area contributed by atoms with Crippen molar-refractivity contribution < 1.29 is 4.79 Å². The molecule has 0 aliphatic carbocycles. The van der Waals surface area contributed by atoms with Gasteiger partial charge in [-0.15, -0.1) is 0 Å². The highest BCUT2D eigenvalue weighted by Gasteiger charge is 2.15. The summed E-state index contributed by atoms with van der Waals surface area (Å²) >= 11 is 0. The molecule has 1 amide bonds. The van der Waals surface area contributed by atoms with E-state index < -0.39 is 0 Å². The molecule has 1 aromatic carbocycles. The summed E-state index contributed by atoms with van der Waals surface area (Å²) in [5, 5.41) is 7.04. The van der Waals surface area contributed by atoms with Crippen molar-refractivity contribution in [3.8, 4) is 11.1 Å². The third kappa shape index (κ3) is 2.59. The Morgan fingerprint density at radius 1 is 1.33 bits per heavy atom. The monoisotopic (exact) mass is 243 g/mol. The predicted octanol–water partition coefficient (Wildman–Crippen LogP) is 2.25. The number of rotatable bonds is 4. The number of hydrogen-bond donors (Lipinski definition) is 1. The Hall–Kier alpha value is -2.10. The second kappa shape index (κ2) is 5.49. The maximum Gasteiger partial charge on any atom is 0.244 e. The minimum absolute atomic E-state index is 0.0137. The van der Waals surface area contributed by atoms with Crippen molar-refractivity contribution in [1.29, 1.82) is 0 Å². The van der Waals surface area contributed by atoms with Crippen LogP contribution < -0.4 is 5.32 Å². The summed E-state index contributed by atoms with van der Waals surface area (Å²) in [4.78, 5) is 11.7. The van der Waals surface area contributed by atoms with E-state index in [2.05, 4.69) is 10.4 Å². The fourth-order valence-electron chi connectivity index (χ4n) is 1.77. The van der Waals surface area contributed by atoms with Gasteiger partial charge in [-0.3, -0.25) is 9.48 Å². The van der Waals surface area contributed by atoms with Crippen molar-refractivity contribution in [1.82, 2.24) is 15.1 Å². The lowest BCUT2D eigenvalue weighted by molar-refractivity contribution is -0.124. The minimum Gasteiger partial charge on any atom is -0.355 e. The molecule has 4 heteroatoms. The molecular formula is C14H17N3O. The van der Waals surface area contributed by atoms with Crippen LogP contribution in [0.4, 0.5) is 0 Å². The van der Waals surface area contributed by atoms with Gasteiger partial charge in [0.1, 0.15) is 6.04 Å². The van der Waals surface area contributed by atoms with Crippen LogP contribution >= 0.6 is 0 Å². The van der Waals surface area contributed by atoms with Crippen molar-refractivity contribution in [2.75, 3.05) is 6.54 Å². The fourth-order valence-corrected chi connectivity index (χ4v) is 1.77. The highest BCUT2D eigenvalue weighted by Crippen LogP contribution is 2.19. The molecule has 0 fully saturated rings. The van der Waals surface area contributed by atoms with Crippen molar-refractivity contribution in [2.45, 2.75) is 19.9 Å². The zero-order chi connectivity index (χ0) is 13.0. The Balaban J connectivity index is 2.18. The minimum atomic E-state index is -0.289. The van der Waals surface area contributed by atoms with Gasteiger partial charge in [-0.1, -0.05) is 30.3 Å². The summed E-state index contributed by atoms with van der Waals surface area (Å²) in [6.07, 6.45) is 3.68. The molecule has 0 aliphatic rings. The van der Waals surface area contributed by atoms with Crippen LogP contribution in [0.3, 0.4) is 0 Å². The van der Waals surface area contributed by atoms with Crippen molar-refractivity contribution in [3.05, 3.63) is 42.7 Å². The highest BCUT2D eigenvalue weighted by molar-refractivity contribution is 5.79. The Kier molecular flexibility index (Phi) is 3.77. The topological polar surface area (TPSA) is 46.9 Å². The second-order valence-corrected chi connectivity index (χ2v) is 4.15. The van der Waals surface area contributed by atoms with E-state index in [4.69, 9.17) is 0 Å². The molecule has 1 aromatic heterocycles. The standard InChI is InChI=1S/C14H17N3O/c1-3-15-14(18)11(2)17-10-13(9-16-17)12-7-5-4-6-8-12/h4-11H,3H2,1-2H3,(H,15,18). The zero-order valence-electron chi connectivity index (χ0n) is 10.6. The SMILES string of the molecule is CCNC(=O)C(C)n1cc(-c2ccccc2)cn1. The Morgan fingerprint density at radius 2 is 2.06 bits per heavy atom. The predicted molar refractivity (Wildman–Crippen MR) is 71.1 cm³/mol. The third-order valence-corrected chi connectivity index (χ3v) is 2.84. The molecule has 0 bridgehead atoms. The first kappa shape index (κ1) is 12.4. The first-order valence-electron chi connectivity index (χ1n) is 6.09. The van der Waals surface area contributed by atoms with Gasteiger partial charge in [-0.2, -0.15) is 5.10 Å². The molecule has 2 rings (SSSR count). The molecule has 0 aliphatic heterocycles. The van der Waals surface area contributed by atoms with Crippen LogP contribution in [0.15, 0.2) is 42.7 Å². The lowest BCUT2D eigenvalue weighted by atomic mass is 10.1. The summed E-state index contributed by atoms with van der Waals surface area (Å²) < 4.78 is 1.69. The van der Waals surface area contributed by atoms with Gasteiger partial charge in [0.2, 0.25) is 5.91 Å². The first-order valence-corrected chi connectivity index (χ1v) is 6.09. The van der Waals surface area contributed by atoms with E-state index in [-0.39, 0.29) is 11.9 Å². The molecule has 1 heterocycles. The quantitative estimate of drug-likeness (QED) is 0.895. The average Bonchev–Trinajstić information content (AvgIpc) is 2.89. The van der Waals surface area contributed by atoms with Crippen LogP contribution in [0.25, 0.3) is 11.1 Å². The molecule has 2 aromatic rings. The number of amides is 1. The van der Waals surface area contributed by atoms with Crippen LogP contribution in [0.2, 0.25) is 0 Å². The molecular weight excluding hydrogens is 226 g/mol. The molecule has 0 radical (unpaired) electrons. The average molecular weight is 243 g/mol. The highest BCUT2D eigenvalue weighted by atomic mass is 16.2. The van der Waals surface area contributed by atoms with Crippen LogP contribution in [0.1, 0.15) is 19.9 Å². The molecule has 1 unspecified atom stereocenters. The largest absolute Gasteiger partial charge is 0.355 e. The molecule has 4 nitrogen and oxygen atoms in total. The number of aromatic nitrogens is 2. The number of likely N-dealkylation sites (N-methyl/N-ethyl adjacent to an activating group) is 1. The summed E-state index contributed by atoms with van der Waals surface area (Å²) in [5.41, 5.74) is 2.12. The van der Waals surface area contributed by atoms with E-state index in [0.29, 0.717) is 6.54 Å². The van der Waals surface area contributed by atoms with E-state index in [9.17, 15) is 4.79 Å². The van der Waals surface area contributed by atoms with E-state index in [1.165, 1.54) is 0 Å². The molecule has 94 valence electrons. The summed E-state index contributed by atoms with van der Waals surface area (Å²) in [7, 11) is 0. The van der Waals surface area contributed by atoms with Crippen LogP contribution in [-0.2, 0) is 4.79 Å². The van der Waals surface area contributed by atoms with Gasteiger partial charge in [0.25, 0.3) is 0 Å². The molecule has 1 N–H and O–H groups in total. The number of hydrogen-bond acceptors (Lipinski definition) is 2. The lowest BCUT2D eigenvalue weighted by Gasteiger charge is -2.11. The molecule has 1 atom stereocenters. The van der Waals surface area contributed by atoms with Crippen molar-refractivity contribution in [3.63, 3.8) is 0 Å². The zero-order valence-corrected chi connectivity index (χ0v) is 10.6. The van der Waals surface area contributed by atoms with Crippen LogP contribution in [0, 0.1) is 0 Å². The van der Waals surface area contributed by atoms with Gasteiger partial charge in [-0.05, 0) is 19.4 Å². The van der Waals surface area contributed by atoms with Crippen LogP contribution in [0.5, 0.6) is 0 Å². The molecule has 0 saturated carbocycles. The number of carbonyl (C=O) groups is 1. The van der Waals surface area contributed by atoms with Gasteiger partial charge in [0, 0.05) is 18.3 Å². The van der Waals surface area contributed by atoms with Crippen LogP contribution in [-0.4, -0.2) is 22.2 Å². The first-order chi connectivity index (χ1) is 8.72. The van der Waals surface area contributed by atoms with E-state index in [1.807, 2.05) is 50.4 Å². The van der Waals surface area contributed by atoms with Gasteiger partial charge in [-0.25, -0.2) is 0 Å². The lowest BCUT2D eigenvalue weighted by Crippen LogP contribution is -2.30. The number of nitrogens with zero attached hydrogens (tertiary/aromatic N) is 2. The molecule has 0 spiro atoms. The third-order valence-electron chi connectivity index (χ3n) is 2.84. The summed E-state index contributed by atoms with van der Waals surface area (Å²) in [6.45, 7) is 4.38. The molecule has 0 saturated heterocycles. The fraction of sp³-hybridized carbons (Fsp3) is 0.286. The Morgan fingerprint density at radius 3 is 2.72 bits per heavy atom. The van der Waals surface area contributed by atoms with Gasteiger partial charge < -0.3 is 5.32 Å². The Bertz CT molecular complexity index is 519.